The van der Waals surface area contributed by atoms with Crippen molar-refractivity contribution < 1.29 is 9.18 Å². The average Bonchev–Trinajstić information content (AvgIpc) is 3.04. The number of aromatic nitrogens is 1. The Morgan fingerprint density at radius 1 is 1.22 bits per heavy atom. The molecule has 0 aliphatic carbocycles. The molecule has 3 rings (SSSR count). The Balaban J connectivity index is 1.60. The predicted octanol–water partition coefficient (Wildman–Crippen LogP) is 0.256. The van der Waals surface area contributed by atoms with Gasteiger partial charge in [-0.15, -0.1) is 0 Å². The first-order valence-corrected chi connectivity index (χ1v) is 7.18. The lowest BCUT2D eigenvalue weighted by Crippen LogP contribution is -2.50. The highest BCUT2D eigenvalue weighted by atomic mass is 19.1. The molecule has 0 radical (unpaired) electrons. The number of nitrogens with zero attached hydrogens (tertiary/aromatic N) is 1. The number of anilines is 1. The molecule has 5 N–H and O–H groups in total. The fourth-order valence-corrected chi connectivity index (χ4v) is 2.25. The molecule has 1 aromatic heterocycles. The standard InChI is InChI=1S/C15H17FN6O/c16-11-5-1-2-6-12(11)19-14-13(20-22-21-14)15(23)18-9-10-4-3-7-17-8-10/h1-8,13-14,19-22H,9H2,(H,18,23). The Labute approximate surface area is 132 Å². The summed E-state index contributed by atoms with van der Waals surface area (Å²) < 4.78 is 13.7. The van der Waals surface area contributed by atoms with Gasteiger partial charge in [0.1, 0.15) is 18.0 Å². The summed E-state index contributed by atoms with van der Waals surface area (Å²) in [4.78, 5) is 16.3. The molecule has 1 saturated heterocycles. The maximum Gasteiger partial charge on any atom is 0.242 e. The molecular weight excluding hydrogens is 299 g/mol. The van der Waals surface area contributed by atoms with Crippen LogP contribution in [0.2, 0.25) is 0 Å². The summed E-state index contributed by atoms with van der Waals surface area (Å²) in [6.07, 6.45) is 2.86. The number of para-hydroxylation sites is 1. The largest absolute Gasteiger partial charge is 0.365 e. The quantitative estimate of drug-likeness (QED) is 0.544. The maximum atomic E-state index is 13.7. The van der Waals surface area contributed by atoms with Crippen molar-refractivity contribution in [2.45, 2.75) is 18.8 Å². The lowest BCUT2D eigenvalue weighted by molar-refractivity contribution is -0.123. The molecule has 2 atom stereocenters. The van der Waals surface area contributed by atoms with Crippen LogP contribution in [0.15, 0.2) is 48.8 Å². The highest BCUT2D eigenvalue weighted by Gasteiger charge is 2.32. The molecule has 0 saturated carbocycles. The van der Waals surface area contributed by atoms with Gasteiger partial charge in [-0.2, -0.15) is 5.53 Å². The smallest absolute Gasteiger partial charge is 0.242 e. The molecule has 2 unspecified atom stereocenters. The van der Waals surface area contributed by atoms with Crippen molar-refractivity contribution in [2.24, 2.45) is 0 Å². The number of amides is 1. The van der Waals surface area contributed by atoms with Crippen molar-refractivity contribution >= 4 is 11.6 Å². The second-order valence-corrected chi connectivity index (χ2v) is 5.07. The fourth-order valence-electron chi connectivity index (χ4n) is 2.25. The van der Waals surface area contributed by atoms with E-state index in [4.69, 9.17) is 0 Å². The zero-order valence-electron chi connectivity index (χ0n) is 12.2. The second-order valence-electron chi connectivity index (χ2n) is 5.07. The van der Waals surface area contributed by atoms with Crippen molar-refractivity contribution in [3.05, 3.63) is 60.2 Å². The summed E-state index contributed by atoms with van der Waals surface area (Å²) in [7, 11) is 0. The molecule has 0 spiro atoms. The van der Waals surface area contributed by atoms with Crippen molar-refractivity contribution in [3.8, 4) is 0 Å². The van der Waals surface area contributed by atoms with Gasteiger partial charge in [0.15, 0.2) is 0 Å². The third kappa shape index (κ3) is 3.81. The molecule has 1 fully saturated rings. The summed E-state index contributed by atoms with van der Waals surface area (Å²) in [5.74, 6) is -0.601. The Hall–Kier alpha value is -2.55. The number of rotatable bonds is 5. The summed E-state index contributed by atoms with van der Waals surface area (Å²) in [5.41, 5.74) is 9.56. The lowest BCUT2D eigenvalue weighted by atomic mass is 10.2. The van der Waals surface area contributed by atoms with Gasteiger partial charge in [-0.3, -0.25) is 9.78 Å². The van der Waals surface area contributed by atoms with Gasteiger partial charge in [-0.05, 0) is 23.8 Å². The molecule has 1 aromatic carbocycles. The van der Waals surface area contributed by atoms with Crippen molar-refractivity contribution in [1.29, 1.82) is 0 Å². The van der Waals surface area contributed by atoms with E-state index < -0.39 is 12.2 Å². The maximum absolute atomic E-state index is 13.7. The van der Waals surface area contributed by atoms with E-state index in [9.17, 15) is 9.18 Å². The first-order valence-electron chi connectivity index (χ1n) is 7.18. The fraction of sp³-hybridized carbons (Fsp3) is 0.200. The summed E-state index contributed by atoms with van der Waals surface area (Å²) in [5, 5.41) is 5.77. The molecule has 2 aromatic rings. The van der Waals surface area contributed by atoms with E-state index in [0.717, 1.165) is 5.56 Å². The number of hydrogen-bond donors (Lipinski definition) is 5. The Morgan fingerprint density at radius 2 is 2.09 bits per heavy atom. The summed E-state index contributed by atoms with van der Waals surface area (Å²) in [6, 6.07) is 9.37. The van der Waals surface area contributed by atoms with Crippen LogP contribution >= 0.6 is 0 Å². The number of carbonyl (C=O) groups excluding carboxylic acids is 1. The van der Waals surface area contributed by atoms with Gasteiger partial charge in [0.25, 0.3) is 0 Å². The third-order valence-electron chi connectivity index (χ3n) is 3.45. The molecule has 7 nitrogen and oxygen atoms in total. The lowest BCUT2D eigenvalue weighted by Gasteiger charge is -2.20. The molecule has 8 heteroatoms. The highest BCUT2D eigenvalue weighted by molar-refractivity contribution is 5.83. The van der Waals surface area contributed by atoms with Gasteiger partial charge in [0.2, 0.25) is 5.91 Å². The van der Waals surface area contributed by atoms with E-state index in [-0.39, 0.29) is 11.7 Å². The number of benzene rings is 1. The van der Waals surface area contributed by atoms with E-state index >= 15 is 0 Å². The molecule has 1 amide bonds. The van der Waals surface area contributed by atoms with Crippen LogP contribution in [0, 0.1) is 5.82 Å². The van der Waals surface area contributed by atoms with E-state index in [1.165, 1.54) is 6.07 Å². The number of hydrogen-bond acceptors (Lipinski definition) is 6. The molecule has 1 aliphatic rings. The number of halogens is 1. The predicted molar refractivity (Wildman–Crippen MR) is 83.1 cm³/mol. The van der Waals surface area contributed by atoms with E-state index in [2.05, 4.69) is 32.0 Å². The van der Waals surface area contributed by atoms with Gasteiger partial charge in [0.05, 0.1) is 5.69 Å². The topological polar surface area (TPSA) is 90.1 Å². The van der Waals surface area contributed by atoms with Crippen LogP contribution in [-0.2, 0) is 11.3 Å². The number of nitrogens with one attached hydrogen (secondary N) is 5. The van der Waals surface area contributed by atoms with Crippen LogP contribution in [-0.4, -0.2) is 23.1 Å². The Bertz CT molecular complexity index is 668. The minimum absolute atomic E-state index is 0.222. The third-order valence-corrected chi connectivity index (χ3v) is 3.45. The van der Waals surface area contributed by atoms with Crippen LogP contribution in [0.25, 0.3) is 0 Å². The normalized spacial score (nSPS) is 20.2. The second kappa shape index (κ2) is 7.14. The monoisotopic (exact) mass is 316 g/mol. The first-order chi connectivity index (χ1) is 11.2. The molecule has 1 aliphatic heterocycles. The average molecular weight is 316 g/mol. The molecule has 0 bridgehead atoms. The number of pyridine rings is 1. The zero-order valence-corrected chi connectivity index (χ0v) is 12.2. The number of carbonyl (C=O) groups is 1. The SMILES string of the molecule is O=C(NCc1cccnc1)C1NNNC1Nc1ccccc1F. The Kier molecular flexibility index (Phi) is 4.77. The van der Waals surface area contributed by atoms with Gasteiger partial charge in [-0.25, -0.2) is 15.2 Å². The number of hydrazine groups is 2. The van der Waals surface area contributed by atoms with Crippen molar-refractivity contribution in [1.82, 2.24) is 26.7 Å². The first kappa shape index (κ1) is 15.3. The summed E-state index contributed by atoms with van der Waals surface area (Å²) >= 11 is 0. The minimum Gasteiger partial charge on any atom is -0.365 e. The van der Waals surface area contributed by atoms with E-state index in [1.807, 2.05) is 6.07 Å². The van der Waals surface area contributed by atoms with Gasteiger partial charge in [-0.1, -0.05) is 18.2 Å². The van der Waals surface area contributed by atoms with Crippen molar-refractivity contribution in [3.63, 3.8) is 0 Å². The van der Waals surface area contributed by atoms with Crippen LogP contribution < -0.4 is 27.0 Å². The van der Waals surface area contributed by atoms with Crippen LogP contribution in [0.4, 0.5) is 10.1 Å². The molecule has 120 valence electrons. The van der Waals surface area contributed by atoms with Crippen LogP contribution in [0.5, 0.6) is 0 Å². The highest BCUT2D eigenvalue weighted by Crippen LogP contribution is 2.14. The van der Waals surface area contributed by atoms with Crippen molar-refractivity contribution in [2.75, 3.05) is 5.32 Å². The van der Waals surface area contributed by atoms with E-state index in [1.54, 1.807) is 36.7 Å². The minimum atomic E-state index is -0.605. The molecular formula is C15H17FN6O. The van der Waals surface area contributed by atoms with Gasteiger partial charge in [0, 0.05) is 18.9 Å². The zero-order chi connectivity index (χ0) is 16.1. The molecule has 2 heterocycles. The van der Waals surface area contributed by atoms with Gasteiger partial charge >= 0.3 is 0 Å². The van der Waals surface area contributed by atoms with E-state index in [0.29, 0.717) is 12.2 Å². The van der Waals surface area contributed by atoms with Crippen LogP contribution in [0.1, 0.15) is 5.56 Å². The van der Waals surface area contributed by atoms with Gasteiger partial charge < -0.3 is 10.6 Å². The van der Waals surface area contributed by atoms with Crippen LogP contribution in [0.3, 0.4) is 0 Å². The molecule has 23 heavy (non-hydrogen) atoms. The summed E-state index contributed by atoms with van der Waals surface area (Å²) in [6.45, 7) is 0.372. The Morgan fingerprint density at radius 3 is 2.87 bits per heavy atom.